The maximum Gasteiger partial charge on any atom is 0.336 e. The van der Waals surface area contributed by atoms with Gasteiger partial charge in [-0.3, -0.25) is 14.8 Å². The van der Waals surface area contributed by atoms with Gasteiger partial charge in [-0.15, -0.1) is 0 Å². The van der Waals surface area contributed by atoms with Crippen molar-refractivity contribution in [3.8, 4) is 0 Å². The Hall–Kier alpha value is -3.54. The minimum absolute atomic E-state index is 0.00440. The van der Waals surface area contributed by atoms with Gasteiger partial charge < -0.3 is 10.0 Å². The summed E-state index contributed by atoms with van der Waals surface area (Å²) >= 11 is 0. The Kier molecular flexibility index (Phi) is 4.16. The Balaban J connectivity index is 1.98. The normalized spacial score (nSPS) is 18.9. The van der Waals surface area contributed by atoms with E-state index in [0.29, 0.717) is 11.4 Å². The lowest BCUT2D eigenvalue weighted by molar-refractivity contribution is 0.0690. The number of pyridine rings is 2. The van der Waals surface area contributed by atoms with E-state index in [9.17, 15) is 14.7 Å². The van der Waals surface area contributed by atoms with Gasteiger partial charge >= 0.3 is 5.97 Å². The number of aromatic nitrogens is 2. The van der Waals surface area contributed by atoms with Gasteiger partial charge in [0.2, 0.25) is 0 Å². The summed E-state index contributed by atoms with van der Waals surface area (Å²) in [6, 6.07) is 15.5. The van der Waals surface area contributed by atoms with Gasteiger partial charge in [-0.05, 0) is 36.4 Å². The topological polar surface area (TPSA) is 83.4 Å². The number of rotatable bonds is 3. The second kappa shape index (κ2) is 6.64. The zero-order chi connectivity index (χ0) is 19.0. The van der Waals surface area contributed by atoms with Crippen LogP contribution in [0.15, 0.2) is 67.0 Å². The van der Waals surface area contributed by atoms with Crippen LogP contribution in [0.25, 0.3) is 0 Å². The molecule has 0 radical (unpaired) electrons. The number of benzene rings is 1. The lowest BCUT2D eigenvalue weighted by atomic mass is 9.79. The molecule has 0 spiro atoms. The average molecular weight is 359 g/mol. The molecular formula is C21H17N3O3. The number of carboxylic acid groups (broad SMARTS) is 1. The predicted molar refractivity (Wildman–Crippen MR) is 100 cm³/mol. The first-order valence-corrected chi connectivity index (χ1v) is 8.55. The minimum Gasteiger partial charge on any atom is -0.478 e. The molecule has 0 aliphatic carbocycles. The Labute approximate surface area is 156 Å². The molecule has 1 aliphatic rings. The van der Waals surface area contributed by atoms with Crippen molar-refractivity contribution in [3.63, 3.8) is 0 Å². The van der Waals surface area contributed by atoms with Gasteiger partial charge in [-0.25, -0.2) is 4.79 Å². The van der Waals surface area contributed by atoms with E-state index < -0.39 is 11.9 Å². The van der Waals surface area contributed by atoms with E-state index >= 15 is 0 Å². The van der Waals surface area contributed by atoms with Gasteiger partial charge in [-0.2, -0.15) is 0 Å². The van der Waals surface area contributed by atoms with Crippen LogP contribution in [0, 0.1) is 0 Å². The average Bonchev–Trinajstić information content (AvgIpc) is 2.71. The van der Waals surface area contributed by atoms with Crippen molar-refractivity contribution in [2.45, 2.75) is 12.0 Å². The second-order valence-electron chi connectivity index (χ2n) is 6.41. The van der Waals surface area contributed by atoms with Crippen LogP contribution in [0.5, 0.6) is 0 Å². The molecule has 1 N–H and O–H groups in total. The van der Waals surface area contributed by atoms with Gasteiger partial charge in [-0.1, -0.05) is 18.2 Å². The van der Waals surface area contributed by atoms with Crippen molar-refractivity contribution in [1.82, 2.24) is 9.97 Å². The lowest BCUT2D eigenvalue weighted by Gasteiger charge is -2.40. The number of Topliss-reactive ketones (excluding diaryl/α,β-unsaturated/α-hetero) is 1. The third-order valence-electron chi connectivity index (χ3n) is 4.91. The maximum atomic E-state index is 13.5. The number of hydrogen-bond donors (Lipinski definition) is 1. The van der Waals surface area contributed by atoms with Crippen LogP contribution in [0.2, 0.25) is 0 Å². The number of aromatic carboxylic acids is 1. The molecule has 3 heterocycles. The first-order valence-electron chi connectivity index (χ1n) is 8.55. The Morgan fingerprint density at radius 3 is 2.22 bits per heavy atom. The molecule has 0 saturated carbocycles. The number of carbonyl (C=O) groups is 2. The summed E-state index contributed by atoms with van der Waals surface area (Å²) in [5, 5.41) is 9.59. The van der Waals surface area contributed by atoms with E-state index in [0.717, 1.165) is 5.69 Å². The first kappa shape index (κ1) is 16.9. The molecule has 0 amide bonds. The molecule has 6 heteroatoms. The largest absolute Gasteiger partial charge is 0.478 e. The Morgan fingerprint density at radius 1 is 0.963 bits per heavy atom. The van der Waals surface area contributed by atoms with Gasteiger partial charge in [0.25, 0.3) is 0 Å². The minimum atomic E-state index is -1.12. The SMILES string of the molecule is CN1c2cccc(C(=O)O)c2C(=O)C(c2ccccn2)C1c1ccccn1. The van der Waals surface area contributed by atoms with Crippen LogP contribution in [0.1, 0.15) is 44.1 Å². The molecule has 1 aromatic carbocycles. The third-order valence-corrected chi connectivity index (χ3v) is 4.91. The molecule has 1 aliphatic heterocycles. The van der Waals surface area contributed by atoms with Crippen molar-refractivity contribution in [3.05, 3.63) is 89.5 Å². The van der Waals surface area contributed by atoms with Gasteiger partial charge in [0.05, 0.1) is 34.5 Å². The summed E-state index contributed by atoms with van der Waals surface area (Å²) in [4.78, 5) is 36.0. The van der Waals surface area contributed by atoms with Crippen LogP contribution < -0.4 is 4.90 Å². The molecule has 3 aromatic rings. The molecule has 0 saturated heterocycles. The van der Waals surface area contributed by atoms with Crippen molar-refractivity contribution in [1.29, 1.82) is 0 Å². The number of carbonyl (C=O) groups excluding carboxylic acids is 1. The number of hydrogen-bond acceptors (Lipinski definition) is 5. The van der Waals surface area contributed by atoms with Crippen molar-refractivity contribution in [2.75, 3.05) is 11.9 Å². The van der Waals surface area contributed by atoms with Crippen molar-refractivity contribution >= 4 is 17.4 Å². The van der Waals surface area contributed by atoms with Gasteiger partial charge in [0.1, 0.15) is 0 Å². The number of carboxylic acids is 1. The summed E-state index contributed by atoms with van der Waals surface area (Å²) < 4.78 is 0. The first-order chi connectivity index (χ1) is 13.1. The zero-order valence-electron chi connectivity index (χ0n) is 14.6. The Bertz CT molecular complexity index is 1010. The highest BCUT2D eigenvalue weighted by atomic mass is 16.4. The monoisotopic (exact) mass is 359 g/mol. The van der Waals surface area contributed by atoms with Crippen LogP contribution in [-0.4, -0.2) is 33.9 Å². The number of fused-ring (bicyclic) bond motifs is 1. The summed E-state index contributed by atoms with van der Waals surface area (Å²) in [5.41, 5.74) is 2.13. The molecule has 2 atom stereocenters. The van der Waals surface area contributed by atoms with E-state index in [2.05, 4.69) is 9.97 Å². The molecular weight excluding hydrogens is 342 g/mol. The van der Waals surface area contributed by atoms with Crippen LogP contribution in [-0.2, 0) is 0 Å². The summed E-state index contributed by atoms with van der Waals surface area (Å²) in [6.07, 6.45) is 3.32. The summed E-state index contributed by atoms with van der Waals surface area (Å²) in [6.45, 7) is 0. The molecule has 2 unspecified atom stereocenters. The third kappa shape index (κ3) is 2.75. The zero-order valence-corrected chi connectivity index (χ0v) is 14.6. The highest BCUT2D eigenvalue weighted by Gasteiger charge is 2.43. The number of ketones is 1. The van der Waals surface area contributed by atoms with E-state index in [-0.39, 0.29) is 23.0 Å². The highest BCUT2D eigenvalue weighted by Crippen LogP contribution is 2.45. The number of anilines is 1. The fourth-order valence-corrected chi connectivity index (χ4v) is 3.72. The van der Waals surface area contributed by atoms with Gasteiger partial charge in [0.15, 0.2) is 5.78 Å². The van der Waals surface area contributed by atoms with E-state index in [1.54, 1.807) is 36.7 Å². The molecule has 6 nitrogen and oxygen atoms in total. The highest BCUT2D eigenvalue weighted by molar-refractivity contribution is 6.14. The maximum absolute atomic E-state index is 13.5. The Morgan fingerprint density at radius 2 is 1.63 bits per heavy atom. The molecule has 2 aromatic heterocycles. The van der Waals surface area contributed by atoms with Gasteiger partial charge in [0, 0.05) is 25.1 Å². The molecule has 0 bridgehead atoms. The molecule has 134 valence electrons. The summed E-state index contributed by atoms with van der Waals surface area (Å²) in [7, 11) is 1.85. The van der Waals surface area contributed by atoms with Crippen LogP contribution in [0.4, 0.5) is 5.69 Å². The van der Waals surface area contributed by atoms with E-state index in [1.165, 1.54) is 6.07 Å². The second-order valence-corrected chi connectivity index (χ2v) is 6.41. The van der Waals surface area contributed by atoms with E-state index in [4.69, 9.17) is 0 Å². The number of nitrogens with zero attached hydrogens (tertiary/aromatic N) is 3. The number of likely N-dealkylation sites (N-methyl/N-ethyl adjacent to an activating group) is 1. The predicted octanol–water partition coefficient (Wildman–Crippen LogP) is 3.33. The molecule has 27 heavy (non-hydrogen) atoms. The van der Waals surface area contributed by atoms with Crippen molar-refractivity contribution < 1.29 is 14.7 Å². The fourth-order valence-electron chi connectivity index (χ4n) is 3.72. The van der Waals surface area contributed by atoms with Crippen LogP contribution >= 0.6 is 0 Å². The summed E-state index contributed by atoms with van der Waals surface area (Å²) in [5.74, 6) is -2.03. The smallest absolute Gasteiger partial charge is 0.336 e. The van der Waals surface area contributed by atoms with E-state index in [1.807, 2.05) is 36.2 Å². The molecule has 4 rings (SSSR count). The quantitative estimate of drug-likeness (QED) is 0.772. The standard InChI is InChI=1S/C21H17N3O3/c1-24-16-10-6-7-13(21(26)27)17(16)20(25)18(14-8-2-4-11-22-14)19(24)15-9-3-5-12-23-15/h2-12,18-19H,1H3,(H,26,27). The fraction of sp³-hybridized carbons (Fsp3) is 0.143. The molecule has 0 fully saturated rings. The lowest BCUT2D eigenvalue weighted by Crippen LogP contribution is -2.40. The van der Waals surface area contributed by atoms with Crippen LogP contribution in [0.3, 0.4) is 0 Å². The van der Waals surface area contributed by atoms with Crippen molar-refractivity contribution in [2.24, 2.45) is 0 Å².